The van der Waals surface area contributed by atoms with Gasteiger partial charge in [0.2, 0.25) is 12.7 Å². The molecule has 0 bridgehead atoms. The van der Waals surface area contributed by atoms with Gasteiger partial charge in [-0.15, -0.1) is 0 Å². The van der Waals surface area contributed by atoms with E-state index in [4.69, 9.17) is 14.5 Å². The third kappa shape index (κ3) is 4.43. The van der Waals surface area contributed by atoms with Gasteiger partial charge in [0.1, 0.15) is 12.1 Å². The van der Waals surface area contributed by atoms with Gasteiger partial charge < -0.3 is 25.0 Å². The summed E-state index contributed by atoms with van der Waals surface area (Å²) in [5.41, 5.74) is 0.955. The maximum absolute atomic E-state index is 12.4. The number of urea groups is 1. The molecule has 2 aromatic heterocycles. The Balaban J connectivity index is 1.18. The Bertz CT molecular complexity index is 1070. The molecule has 4 heterocycles. The molecule has 2 amide bonds. The Labute approximate surface area is 185 Å². The molecular formula is C22H25N7O3. The number of amides is 2. The fourth-order valence-electron chi connectivity index (χ4n) is 4.02. The van der Waals surface area contributed by atoms with Crippen LogP contribution in [0.3, 0.4) is 0 Å². The van der Waals surface area contributed by atoms with Gasteiger partial charge in [0.05, 0.1) is 0 Å². The highest BCUT2D eigenvalue weighted by Gasteiger charge is 2.24. The number of aromatic nitrogens is 4. The quantitative estimate of drug-likeness (QED) is 0.612. The number of nitrogens with zero attached hydrogens (tertiary/aromatic N) is 5. The summed E-state index contributed by atoms with van der Waals surface area (Å²) in [6.45, 7) is 2.08. The number of nitrogens with one attached hydrogen (secondary N) is 2. The summed E-state index contributed by atoms with van der Waals surface area (Å²) >= 11 is 0. The molecule has 2 aliphatic heterocycles. The molecule has 5 rings (SSSR count). The number of benzene rings is 1. The molecule has 1 fully saturated rings. The second-order valence-corrected chi connectivity index (χ2v) is 7.78. The van der Waals surface area contributed by atoms with Gasteiger partial charge in [0.15, 0.2) is 11.5 Å². The molecule has 1 atom stereocenters. The Morgan fingerprint density at radius 2 is 2.06 bits per heavy atom. The van der Waals surface area contributed by atoms with Gasteiger partial charge in [0.25, 0.3) is 0 Å². The fourth-order valence-corrected chi connectivity index (χ4v) is 4.02. The zero-order valence-corrected chi connectivity index (χ0v) is 17.6. The molecule has 166 valence electrons. The molecule has 10 nitrogen and oxygen atoms in total. The number of hydrogen-bond acceptors (Lipinski definition) is 7. The van der Waals surface area contributed by atoms with Gasteiger partial charge in [-0.2, -0.15) is 4.98 Å². The Hall–Kier alpha value is -3.82. The first-order valence-electron chi connectivity index (χ1n) is 10.7. The van der Waals surface area contributed by atoms with Crippen LogP contribution in [0.15, 0.2) is 49.2 Å². The first kappa shape index (κ1) is 20.1. The number of carbonyl (C=O) groups is 1. The lowest BCUT2D eigenvalue weighted by Crippen LogP contribution is -2.49. The number of anilines is 1. The van der Waals surface area contributed by atoms with Crippen LogP contribution in [-0.2, 0) is 6.54 Å². The summed E-state index contributed by atoms with van der Waals surface area (Å²) in [5.74, 6) is 2.88. The molecule has 0 aliphatic carbocycles. The molecule has 0 spiro atoms. The van der Waals surface area contributed by atoms with Crippen LogP contribution < -0.4 is 25.0 Å². The van der Waals surface area contributed by atoms with Crippen molar-refractivity contribution < 1.29 is 14.3 Å². The van der Waals surface area contributed by atoms with Crippen molar-refractivity contribution in [2.24, 2.45) is 0 Å². The van der Waals surface area contributed by atoms with Crippen molar-refractivity contribution in [2.45, 2.75) is 31.8 Å². The van der Waals surface area contributed by atoms with E-state index in [0.717, 1.165) is 42.9 Å². The van der Waals surface area contributed by atoms with E-state index in [1.807, 2.05) is 30.5 Å². The van der Waals surface area contributed by atoms with Crippen molar-refractivity contribution in [1.82, 2.24) is 30.2 Å². The highest BCUT2D eigenvalue weighted by molar-refractivity contribution is 5.74. The highest BCUT2D eigenvalue weighted by Crippen LogP contribution is 2.32. The van der Waals surface area contributed by atoms with E-state index in [0.29, 0.717) is 24.8 Å². The molecule has 0 saturated carbocycles. The third-order valence-electron chi connectivity index (χ3n) is 5.67. The van der Waals surface area contributed by atoms with E-state index in [1.165, 1.54) is 0 Å². The maximum Gasteiger partial charge on any atom is 0.315 e. The van der Waals surface area contributed by atoms with Crippen molar-refractivity contribution in [3.63, 3.8) is 0 Å². The average Bonchev–Trinajstić information content (AvgIpc) is 3.54. The lowest BCUT2D eigenvalue weighted by molar-refractivity contribution is 0.174. The summed E-state index contributed by atoms with van der Waals surface area (Å²) in [6.07, 6.45) is 10.2. The van der Waals surface area contributed by atoms with Crippen molar-refractivity contribution >= 4 is 11.8 Å². The molecule has 2 N–H and O–H groups in total. The van der Waals surface area contributed by atoms with Crippen LogP contribution in [0.25, 0.3) is 5.95 Å². The second kappa shape index (κ2) is 9.13. The minimum Gasteiger partial charge on any atom is -0.454 e. The van der Waals surface area contributed by atoms with Gasteiger partial charge in [-0.3, -0.25) is 4.57 Å². The second-order valence-electron chi connectivity index (χ2n) is 7.78. The smallest absolute Gasteiger partial charge is 0.315 e. The number of ether oxygens (including phenoxy) is 2. The van der Waals surface area contributed by atoms with Crippen LogP contribution in [0, 0.1) is 0 Å². The van der Waals surface area contributed by atoms with E-state index >= 15 is 0 Å². The lowest BCUT2D eigenvalue weighted by Gasteiger charge is -2.36. The lowest BCUT2D eigenvalue weighted by atomic mass is 10.0. The third-order valence-corrected chi connectivity index (χ3v) is 5.67. The van der Waals surface area contributed by atoms with Crippen molar-refractivity contribution in [1.29, 1.82) is 0 Å². The molecule has 3 aromatic rings. The Morgan fingerprint density at radius 3 is 2.97 bits per heavy atom. The number of carbonyl (C=O) groups excluding carboxylic acids is 1. The molecule has 32 heavy (non-hydrogen) atoms. The molecular weight excluding hydrogens is 410 g/mol. The molecule has 0 radical (unpaired) electrons. The predicted octanol–water partition coefficient (Wildman–Crippen LogP) is 2.25. The standard InChI is InChI=1S/C22H25N7O3/c30-22(25-12-16-4-5-18-19(11-16)32-15-31-18)26-13-17-3-1-2-9-29(17)20-6-7-24-21(27-20)28-10-8-23-14-28/h4-8,10-11,14,17H,1-3,9,12-13,15H2,(H2,25,26,30). The molecule has 1 unspecified atom stereocenters. The van der Waals surface area contributed by atoms with Crippen LogP contribution in [0.2, 0.25) is 0 Å². The highest BCUT2D eigenvalue weighted by atomic mass is 16.7. The maximum atomic E-state index is 12.4. The number of hydrogen-bond donors (Lipinski definition) is 2. The van der Waals surface area contributed by atoms with Gasteiger partial charge >= 0.3 is 6.03 Å². The number of imidazole rings is 1. The molecule has 1 saturated heterocycles. The average molecular weight is 435 g/mol. The van der Waals surface area contributed by atoms with Crippen molar-refractivity contribution in [3.8, 4) is 17.4 Å². The summed E-state index contributed by atoms with van der Waals surface area (Å²) in [7, 11) is 0. The number of piperidine rings is 1. The zero-order chi connectivity index (χ0) is 21.8. The van der Waals surface area contributed by atoms with Gasteiger partial charge in [-0.25, -0.2) is 14.8 Å². The fraction of sp³-hybridized carbons (Fsp3) is 0.364. The summed E-state index contributed by atoms with van der Waals surface area (Å²) < 4.78 is 12.5. The summed E-state index contributed by atoms with van der Waals surface area (Å²) in [6, 6.07) is 7.55. The minimum absolute atomic E-state index is 0.172. The number of fused-ring (bicyclic) bond motifs is 1. The van der Waals surface area contributed by atoms with Crippen LogP contribution in [0.5, 0.6) is 11.5 Å². The van der Waals surface area contributed by atoms with Crippen LogP contribution in [-0.4, -0.2) is 51.5 Å². The topological polar surface area (TPSA) is 106 Å². The monoisotopic (exact) mass is 435 g/mol. The molecule has 10 heteroatoms. The SMILES string of the molecule is O=C(NCc1ccc2c(c1)OCO2)NCC1CCCCN1c1ccnc(-n2ccnc2)n1. The van der Waals surface area contributed by atoms with Crippen molar-refractivity contribution in [3.05, 3.63) is 54.7 Å². The van der Waals surface area contributed by atoms with Gasteiger partial charge in [-0.05, 0) is 43.0 Å². The van der Waals surface area contributed by atoms with Crippen molar-refractivity contribution in [2.75, 3.05) is 24.8 Å². The van der Waals surface area contributed by atoms with E-state index < -0.39 is 0 Å². The molecule has 1 aromatic carbocycles. The summed E-state index contributed by atoms with van der Waals surface area (Å²) in [4.78, 5) is 27.8. The van der Waals surface area contributed by atoms with E-state index in [1.54, 1.807) is 23.3 Å². The largest absolute Gasteiger partial charge is 0.454 e. The van der Waals surface area contributed by atoms with Crippen LogP contribution in [0.1, 0.15) is 24.8 Å². The first-order chi connectivity index (χ1) is 15.8. The Kier molecular flexibility index (Phi) is 5.73. The Morgan fingerprint density at radius 1 is 1.12 bits per heavy atom. The van der Waals surface area contributed by atoms with E-state index in [9.17, 15) is 4.79 Å². The molecule has 2 aliphatic rings. The van der Waals surface area contributed by atoms with Gasteiger partial charge in [-0.1, -0.05) is 6.07 Å². The normalized spacial score (nSPS) is 17.2. The minimum atomic E-state index is -0.199. The van der Waals surface area contributed by atoms with Crippen LogP contribution in [0.4, 0.5) is 10.6 Å². The van der Waals surface area contributed by atoms with E-state index in [2.05, 4.69) is 25.5 Å². The summed E-state index contributed by atoms with van der Waals surface area (Å²) in [5, 5.41) is 5.92. The van der Waals surface area contributed by atoms with Crippen LogP contribution >= 0.6 is 0 Å². The first-order valence-corrected chi connectivity index (χ1v) is 10.7. The number of rotatable bonds is 6. The predicted molar refractivity (Wildman–Crippen MR) is 117 cm³/mol. The zero-order valence-electron chi connectivity index (χ0n) is 17.6. The van der Waals surface area contributed by atoms with E-state index in [-0.39, 0.29) is 18.9 Å². The van der Waals surface area contributed by atoms with Gasteiger partial charge in [0, 0.05) is 44.3 Å².